The Kier molecular flexibility index (Phi) is 5.84. The molecule has 2 unspecified atom stereocenters. The molecule has 1 aliphatic carbocycles. The first-order valence-electron chi connectivity index (χ1n) is 7.27. The van der Waals surface area contributed by atoms with E-state index in [-0.39, 0.29) is 12.5 Å². The second-order valence-electron chi connectivity index (χ2n) is 5.63. The van der Waals surface area contributed by atoms with Gasteiger partial charge in [0.2, 0.25) is 0 Å². The van der Waals surface area contributed by atoms with Gasteiger partial charge in [0.15, 0.2) is 0 Å². The molecule has 2 atom stereocenters. The van der Waals surface area contributed by atoms with Gasteiger partial charge in [-0.1, -0.05) is 25.0 Å². The number of benzene rings is 1. The number of nitrogens with one attached hydrogen (secondary N) is 1. The van der Waals surface area contributed by atoms with Crippen LogP contribution in [0.5, 0.6) is 0 Å². The van der Waals surface area contributed by atoms with Gasteiger partial charge in [-0.3, -0.25) is 4.79 Å². The van der Waals surface area contributed by atoms with Crippen molar-refractivity contribution < 1.29 is 9.90 Å². The molecular formula is C16H22INO2. The molecule has 0 bridgehead atoms. The van der Waals surface area contributed by atoms with E-state index < -0.39 is 0 Å². The molecule has 20 heavy (non-hydrogen) atoms. The van der Waals surface area contributed by atoms with Crippen LogP contribution in [0, 0.1) is 22.3 Å². The molecule has 3 nitrogen and oxygen atoms in total. The third kappa shape index (κ3) is 3.73. The molecule has 1 aromatic carbocycles. The Morgan fingerprint density at radius 1 is 1.35 bits per heavy atom. The smallest absolute Gasteiger partial charge is 0.252 e. The van der Waals surface area contributed by atoms with Gasteiger partial charge in [0.1, 0.15) is 0 Å². The molecule has 0 heterocycles. The number of hydrogen-bond donors (Lipinski definition) is 2. The van der Waals surface area contributed by atoms with E-state index >= 15 is 0 Å². The molecule has 1 amide bonds. The number of halogens is 1. The lowest BCUT2D eigenvalue weighted by Crippen LogP contribution is -2.35. The van der Waals surface area contributed by atoms with E-state index in [4.69, 9.17) is 0 Å². The van der Waals surface area contributed by atoms with Crippen LogP contribution in [-0.4, -0.2) is 24.2 Å². The Hall–Kier alpha value is -0.620. The van der Waals surface area contributed by atoms with E-state index in [0.717, 1.165) is 27.5 Å². The van der Waals surface area contributed by atoms with Crippen LogP contribution < -0.4 is 5.32 Å². The number of aryl methyl sites for hydroxylation is 1. The van der Waals surface area contributed by atoms with Crippen molar-refractivity contribution >= 4 is 28.5 Å². The summed E-state index contributed by atoms with van der Waals surface area (Å²) in [4.78, 5) is 12.3. The fourth-order valence-electron chi connectivity index (χ4n) is 2.94. The minimum absolute atomic E-state index is 0.000336. The molecule has 0 radical (unpaired) electrons. The predicted molar refractivity (Wildman–Crippen MR) is 88.8 cm³/mol. The fourth-order valence-corrected chi connectivity index (χ4v) is 3.54. The highest BCUT2D eigenvalue weighted by atomic mass is 127. The van der Waals surface area contributed by atoms with E-state index in [1.807, 2.05) is 25.1 Å². The van der Waals surface area contributed by atoms with E-state index in [1.165, 1.54) is 12.8 Å². The van der Waals surface area contributed by atoms with Crippen molar-refractivity contribution in [3.8, 4) is 0 Å². The SMILES string of the molecule is Cc1cccc(C(=O)NCC2CCCCC2CO)c1I. The van der Waals surface area contributed by atoms with Crippen LogP contribution in [0.15, 0.2) is 18.2 Å². The maximum absolute atomic E-state index is 12.3. The molecule has 4 heteroatoms. The number of aliphatic hydroxyl groups excluding tert-OH is 1. The zero-order valence-electron chi connectivity index (χ0n) is 11.9. The molecule has 1 aliphatic rings. The van der Waals surface area contributed by atoms with E-state index in [1.54, 1.807) is 0 Å². The summed E-state index contributed by atoms with van der Waals surface area (Å²) in [7, 11) is 0. The molecule has 110 valence electrons. The van der Waals surface area contributed by atoms with Crippen molar-refractivity contribution in [2.24, 2.45) is 11.8 Å². The summed E-state index contributed by atoms with van der Waals surface area (Å²) < 4.78 is 1.02. The topological polar surface area (TPSA) is 49.3 Å². The van der Waals surface area contributed by atoms with Crippen molar-refractivity contribution in [2.45, 2.75) is 32.6 Å². The minimum Gasteiger partial charge on any atom is -0.396 e. The maximum Gasteiger partial charge on any atom is 0.252 e. The molecular weight excluding hydrogens is 365 g/mol. The molecule has 1 fully saturated rings. The molecule has 0 aromatic heterocycles. The number of rotatable bonds is 4. The van der Waals surface area contributed by atoms with Crippen LogP contribution >= 0.6 is 22.6 Å². The van der Waals surface area contributed by atoms with Gasteiger partial charge in [-0.15, -0.1) is 0 Å². The Balaban J connectivity index is 1.96. The highest BCUT2D eigenvalue weighted by Gasteiger charge is 2.25. The number of hydrogen-bond acceptors (Lipinski definition) is 2. The van der Waals surface area contributed by atoms with Gasteiger partial charge in [0, 0.05) is 16.7 Å². The van der Waals surface area contributed by atoms with Gasteiger partial charge in [-0.05, 0) is 65.8 Å². The van der Waals surface area contributed by atoms with Gasteiger partial charge < -0.3 is 10.4 Å². The summed E-state index contributed by atoms with van der Waals surface area (Å²) in [6, 6.07) is 5.81. The normalized spacial score (nSPS) is 22.6. The van der Waals surface area contributed by atoms with E-state index in [9.17, 15) is 9.90 Å². The molecule has 2 rings (SSSR count). The summed E-state index contributed by atoms with van der Waals surface area (Å²) in [6.45, 7) is 2.93. The Bertz CT molecular complexity index is 476. The molecule has 1 saturated carbocycles. The Labute approximate surface area is 134 Å². The maximum atomic E-state index is 12.3. The first-order valence-corrected chi connectivity index (χ1v) is 8.35. The third-order valence-corrected chi connectivity index (χ3v) is 5.69. The van der Waals surface area contributed by atoms with Crippen molar-refractivity contribution in [3.63, 3.8) is 0 Å². The van der Waals surface area contributed by atoms with Gasteiger partial charge in [0.05, 0.1) is 5.56 Å². The Morgan fingerprint density at radius 3 is 2.75 bits per heavy atom. The lowest BCUT2D eigenvalue weighted by Gasteiger charge is -2.30. The zero-order valence-corrected chi connectivity index (χ0v) is 14.0. The molecule has 2 N–H and O–H groups in total. The van der Waals surface area contributed by atoms with Crippen molar-refractivity contribution in [3.05, 3.63) is 32.9 Å². The van der Waals surface area contributed by atoms with Crippen LogP contribution in [0.1, 0.15) is 41.6 Å². The molecule has 0 spiro atoms. The van der Waals surface area contributed by atoms with Crippen LogP contribution in [0.4, 0.5) is 0 Å². The second-order valence-corrected chi connectivity index (χ2v) is 6.71. The summed E-state index contributed by atoms with van der Waals surface area (Å²) in [5, 5.41) is 12.5. The lowest BCUT2D eigenvalue weighted by molar-refractivity contribution is 0.0908. The lowest BCUT2D eigenvalue weighted by atomic mass is 9.79. The summed E-state index contributed by atoms with van der Waals surface area (Å²) in [6.07, 6.45) is 4.60. The molecule has 1 aromatic rings. The highest BCUT2D eigenvalue weighted by molar-refractivity contribution is 14.1. The third-order valence-electron chi connectivity index (χ3n) is 4.26. The van der Waals surface area contributed by atoms with Crippen LogP contribution in [0.25, 0.3) is 0 Å². The molecule has 0 saturated heterocycles. The summed E-state index contributed by atoms with van der Waals surface area (Å²) in [5.74, 6) is 0.765. The first-order chi connectivity index (χ1) is 9.63. The minimum atomic E-state index is 0.000336. The summed E-state index contributed by atoms with van der Waals surface area (Å²) in [5.41, 5.74) is 1.88. The quantitative estimate of drug-likeness (QED) is 0.780. The van der Waals surface area contributed by atoms with Crippen molar-refractivity contribution in [1.82, 2.24) is 5.32 Å². The molecule has 0 aliphatic heterocycles. The number of carbonyl (C=O) groups is 1. The van der Waals surface area contributed by atoms with E-state index in [2.05, 4.69) is 27.9 Å². The van der Waals surface area contributed by atoms with Crippen LogP contribution in [-0.2, 0) is 0 Å². The van der Waals surface area contributed by atoms with E-state index in [0.29, 0.717) is 18.4 Å². The van der Waals surface area contributed by atoms with Gasteiger partial charge in [-0.2, -0.15) is 0 Å². The number of aliphatic hydroxyl groups is 1. The zero-order chi connectivity index (χ0) is 14.5. The monoisotopic (exact) mass is 387 g/mol. The Morgan fingerprint density at radius 2 is 2.05 bits per heavy atom. The van der Waals surface area contributed by atoms with Gasteiger partial charge in [0.25, 0.3) is 5.91 Å². The average molecular weight is 387 g/mol. The van der Waals surface area contributed by atoms with Crippen LogP contribution in [0.2, 0.25) is 0 Å². The number of amides is 1. The van der Waals surface area contributed by atoms with Crippen molar-refractivity contribution in [2.75, 3.05) is 13.2 Å². The average Bonchev–Trinajstić information content (AvgIpc) is 2.48. The fraction of sp³-hybridized carbons (Fsp3) is 0.562. The standard InChI is InChI=1S/C16H22INO2/c1-11-5-4-8-14(15(11)17)16(20)18-9-12-6-2-3-7-13(12)10-19/h4-5,8,12-13,19H,2-3,6-7,9-10H2,1H3,(H,18,20). The second kappa shape index (κ2) is 7.41. The van der Waals surface area contributed by atoms with Crippen molar-refractivity contribution in [1.29, 1.82) is 0 Å². The largest absolute Gasteiger partial charge is 0.396 e. The summed E-state index contributed by atoms with van der Waals surface area (Å²) >= 11 is 2.22. The number of carbonyl (C=O) groups excluding carboxylic acids is 1. The highest BCUT2D eigenvalue weighted by Crippen LogP contribution is 2.29. The first kappa shape index (κ1) is 15.8. The van der Waals surface area contributed by atoms with Crippen LogP contribution in [0.3, 0.4) is 0 Å². The van der Waals surface area contributed by atoms with Gasteiger partial charge in [-0.25, -0.2) is 0 Å². The predicted octanol–water partition coefficient (Wildman–Crippen LogP) is 3.13. The van der Waals surface area contributed by atoms with Gasteiger partial charge >= 0.3 is 0 Å².